The van der Waals surface area contributed by atoms with Crippen LogP contribution in [-0.4, -0.2) is 0 Å². The van der Waals surface area contributed by atoms with Crippen molar-refractivity contribution in [2.24, 2.45) is 11.8 Å². The van der Waals surface area contributed by atoms with Gasteiger partial charge in [-0.25, -0.2) is 8.78 Å². The van der Waals surface area contributed by atoms with Crippen LogP contribution < -0.4 is 0 Å². The maximum Gasteiger partial charge on any atom is 0.129 e. The first-order valence-corrected chi connectivity index (χ1v) is 13.1. The Morgan fingerprint density at radius 1 is 0.647 bits per heavy atom. The molecule has 3 heteroatoms. The Bertz CT molecular complexity index is 1020. The standard InChI is InChI=1S/C31H35ClF2/c1-22-2-4-23(5-3-22)6-7-24-8-10-25(11-9-24)12-13-27-20-30(33)29(31(34)21-27)19-16-26-14-17-28(32)18-15-26/h2-5,14-15,17-18,20-21,24-25H,6-13,16,19H2,1H3. The molecule has 180 valence electrons. The molecule has 3 aromatic carbocycles. The van der Waals surface area contributed by atoms with Crippen molar-refractivity contribution in [3.05, 3.63) is 105 Å². The van der Waals surface area contributed by atoms with Gasteiger partial charge in [0.25, 0.3) is 0 Å². The molecule has 1 fully saturated rings. The lowest BCUT2D eigenvalue weighted by Crippen LogP contribution is -2.16. The normalized spacial score (nSPS) is 18.2. The van der Waals surface area contributed by atoms with Crippen molar-refractivity contribution in [3.8, 4) is 0 Å². The van der Waals surface area contributed by atoms with Crippen LogP contribution >= 0.6 is 11.6 Å². The molecule has 0 aromatic heterocycles. The number of rotatable bonds is 9. The fraction of sp³-hybridized carbons (Fsp3) is 0.419. The van der Waals surface area contributed by atoms with Crippen LogP contribution in [0.25, 0.3) is 0 Å². The van der Waals surface area contributed by atoms with E-state index in [9.17, 15) is 8.78 Å². The summed E-state index contributed by atoms with van der Waals surface area (Å²) in [6.45, 7) is 2.13. The highest BCUT2D eigenvalue weighted by Gasteiger charge is 2.21. The first-order valence-electron chi connectivity index (χ1n) is 12.7. The fourth-order valence-electron chi connectivity index (χ4n) is 5.26. The molecule has 0 radical (unpaired) electrons. The van der Waals surface area contributed by atoms with Gasteiger partial charge in [-0.2, -0.15) is 0 Å². The molecule has 1 aliphatic rings. The molecule has 0 heterocycles. The molecule has 0 amide bonds. The van der Waals surface area contributed by atoms with E-state index >= 15 is 0 Å². The third-order valence-electron chi connectivity index (χ3n) is 7.55. The second-order valence-corrected chi connectivity index (χ2v) is 10.6. The molecule has 34 heavy (non-hydrogen) atoms. The number of hydrogen-bond donors (Lipinski definition) is 0. The Balaban J connectivity index is 1.21. The highest BCUT2D eigenvalue weighted by Crippen LogP contribution is 2.34. The summed E-state index contributed by atoms with van der Waals surface area (Å²) >= 11 is 5.91. The molecule has 4 rings (SSSR count). The van der Waals surface area contributed by atoms with Gasteiger partial charge in [-0.05, 0) is 98.2 Å². The maximum absolute atomic E-state index is 14.7. The third kappa shape index (κ3) is 7.15. The number of aryl methyl sites for hydroxylation is 4. The van der Waals surface area contributed by atoms with Crippen molar-refractivity contribution in [2.75, 3.05) is 0 Å². The van der Waals surface area contributed by atoms with Gasteiger partial charge in [-0.3, -0.25) is 0 Å². The Kier molecular flexibility index (Phi) is 8.78. The molecule has 1 saturated carbocycles. The topological polar surface area (TPSA) is 0 Å². The minimum absolute atomic E-state index is 0.188. The van der Waals surface area contributed by atoms with Crippen LogP contribution in [0.15, 0.2) is 60.7 Å². The van der Waals surface area contributed by atoms with Crippen LogP contribution in [0.3, 0.4) is 0 Å². The lowest BCUT2D eigenvalue weighted by molar-refractivity contribution is 0.253. The Labute approximate surface area is 208 Å². The summed E-state index contributed by atoms with van der Waals surface area (Å²) in [6.07, 6.45) is 10.2. The summed E-state index contributed by atoms with van der Waals surface area (Å²) in [5, 5.41) is 0.668. The van der Waals surface area contributed by atoms with E-state index in [1.807, 2.05) is 24.3 Å². The molecular weight excluding hydrogens is 446 g/mol. The smallest absolute Gasteiger partial charge is 0.129 e. The number of hydrogen-bond acceptors (Lipinski definition) is 0. The molecule has 1 aliphatic carbocycles. The second kappa shape index (κ2) is 12.0. The van der Waals surface area contributed by atoms with Gasteiger partial charge in [0.05, 0.1) is 0 Å². The molecule has 0 atom stereocenters. The van der Waals surface area contributed by atoms with Crippen molar-refractivity contribution in [1.82, 2.24) is 0 Å². The molecule has 0 unspecified atom stereocenters. The van der Waals surface area contributed by atoms with Crippen molar-refractivity contribution in [1.29, 1.82) is 0 Å². The summed E-state index contributed by atoms with van der Waals surface area (Å²) in [5.41, 5.74) is 4.76. The molecule has 0 aliphatic heterocycles. The van der Waals surface area contributed by atoms with Crippen molar-refractivity contribution >= 4 is 11.6 Å². The summed E-state index contributed by atoms with van der Waals surface area (Å²) in [7, 11) is 0. The monoisotopic (exact) mass is 480 g/mol. The van der Waals surface area contributed by atoms with Crippen molar-refractivity contribution < 1.29 is 8.78 Å². The zero-order chi connectivity index (χ0) is 23.9. The molecule has 0 N–H and O–H groups in total. The second-order valence-electron chi connectivity index (χ2n) is 10.1. The van der Waals surface area contributed by atoms with Crippen LogP contribution in [0.5, 0.6) is 0 Å². The summed E-state index contributed by atoms with van der Waals surface area (Å²) in [5.74, 6) is 0.659. The Morgan fingerprint density at radius 2 is 1.12 bits per heavy atom. The van der Waals surface area contributed by atoms with Gasteiger partial charge in [0.15, 0.2) is 0 Å². The average molecular weight is 481 g/mol. The number of halogens is 3. The molecule has 3 aromatic rings. The summed E-state index contributed by atoms with van der Waals surface area (Å²) in [6, 6.07) is 19.4. The average Bonchev–Trinajstić information content (AvgIpc) is 2.84. The zero-order valence-electron chi connectivity index (χ0n) is 20.1. The first kappa shape index (κ1) is 24.9. The quantitative estimate of drug-likeness (QED) is 0.286. The van der Waals surface area contributed by atoms with Crippen LogP contribution in [0, 0.1) is 30.4 Å². The van der Waals surface area contributed by atoms with Gasteiger partial charge in [0.1, 0.15) is 11.6 Å². The zero-order valence-corrected chi connectivity index (χ0v) is 20.9. The van der Waals surface area contributed by atoms with E-state index in [0.29, 0.717) is 23.8 Å². The van der Waals surface area contributed by atoms with Crippen molar-refractivity contribution in [3.63, 3.8) is 0 Å². The van der Waals surface area contributed by atoms with Gasteiger partial charge < -0.3 is 0 Å². The Hall–Kier alpha value is -2.19. The number of benzene rings is 3. The summed E-state index contributed by atoms with van der Waals surface area (Å²) in [4.78, 5) is 0. The van der Waals surface area contributed by atoms with Gasteiger partial charge in [0, 0.05) is 10.6 Å². The van der Waals surface area contributed by atoms with Crippen LogP contribution in [-0.2, 0) is 25.7 Å². The largest absolute Gasteiger partial charge is 0.207 e. The molecular formula is C31H35ClF2. The molecule has 0 bridgehead atoms. The van der Waals surface area contributed by atoms with Gasteiger partial charge in [-0.15, -0.1) is 0 Å². The van der Waals surface area contributed by atoms with E-state index in [0.717, 1.165) is 29.9 Å². The van der Waals surface area contributed by atoms with Gasteiger partial charge in [0.2, 0.25) is 0 Å². The molecule has 0 nitrogen and oxygen atoms in total. The predicted molar refractivity (Wildman–Crippen MR) is 138 cm³/mol. The predicted octanol–water partition coefficient (Wildman–Crippen LogP) is 9.08. The maximum atomic E-state index is 14.7. The molecule has 0 spiro atoms. The fourth-order valence-corrected chi connectivity index (χ4v) is 5.39. The van der Waals surface area contributed by atoms with Crippen LogP contribution in [0.4, 0.5) is 8.78 Å². The Morgan fingerprint density at radius 3 is 1.68 bits per heavy atom. The lowest BCUT2D eigenvalue weighted by atomic mass is 9.77. The first-order chi connectivity index (χ1) is 16.5. The minimum Gasteiger partial charge on any atom is -0.207 e. The van der Waals surface area contributed by atoms with E-state index in [1.54, 1.807) is 12.1 Å². The third-order valence-corrected chi connectivity index (χ3v) is 7.80. The van der Waals surface area contributed by atoms with Crippen LogP contribution in [0.2, 0.25) is 5.02 Å². The van der Waals surface area contributed by atoms with E-state index in [-0.39, 0.29) is 5.56 Å². The van der Waals surface area contributed by atoms with Gasteiger partial charge in [-0.1, -0.05) is 79.2 Å². The lowest BCUT2D eigenvalue weighted by Gasteiger charge is -2.28. The van der Waals surface area contributed by atoms with Crippen LogP contribution in [0.1, 0.15) is 66.3 Å². The van der Waals surface area contributed by atoms with E-state index in [1.165, 1.54) is 49.7 Å². The highest BCUT2D eigenvalue weighted by atomic mass is 35.5. The SMILES string of the molecule is Cc1ccc(CCC2CCC(CCc3cc(F)c(CCc4ccc(Cl)cc4)c(F)c3)CC2)cc1. The van der Waals surface area contributed by atoms with E-state index in [4.69, 9.17) is 11.6 Å². The van der Waals surface area contributed by atoms with E-state index in [2.05, 4.69) is 31.2 Å². The highest BCUT2D eigenvalue weighted by molar-refractivity contribution is 6.30. The van der Waals surface area contributed by atoms with Gasteiger partial charge >= 0.3 is 0 Å². The summed E-state index contributed by atoms with van der Waals surface area (Å²) < 4.78 is 29.4. The van der Waals surface area contributed by atoms with Crippen molar-refractivity contribution in [2.45, 2.75) is 71.1 Å². The molecule has 0 saturated heterocycles. The van der Waals surface area contributed by atoms with E-state index < -0.39 is 11.6 Å². The minimum atomic E-state index is -0.413.